The monoisotopic (exact) mass is 258 g/mol. The summed E-state index contributed by atoms with van der Waals surface area (Å²) < 4.78 is 13.0. The van der Waals surface area contributed by atoms with Gasteiger partial charge in [0.1, 0.15) is 5.82 Å². The Kier molecular flexibility index (Phi) is 3.74. The largest absolute Gasteiger partial charge is 0.397 e. The molecule has 2 aromatic rings. The summed E-state index contributed by atoms with van der Waals surface area (Å²) in [5, 5.41) is 3.25. The summed E-state index contributed by atoms with van der Waals surface area (Å²) in [4.78, 5) is 0. The first-order chi connectivity index (χ1) is 8.97. The van der Waals surface area contributed by atoms with Crippen LogP contribution in [0.3, 0.4) is 0 Å². The Morgan fingerprint density at radius 2 is 1.68 bits per heavy atom. The Bertz CT molecular complexity index is 606. The van der Waals surface area contributed by atoms with E-state index in [0.29, 0.717) is 12.2 Å². The van der Waals surface area contributed by atoms with E-state index in [9.17, 15) is 4.39 Å². The van der Waals surface area contributed by atoms with Gasteiger partial charge >= 0.3 is 0 Å². The smallest absolute Gasteiger partial charge is 0.125 e. The standard InChI is InChI=1S/C16H19FN2/c1-10-6-12(3)13(7-11(10)2)9-19-16-5-4-14(17)8-15(16)18/h4-8,19H,9,18H2,1-3H3. The van der Waals surface area contributed by atoms with E-state index in [1.807, 2.05) is 0 Å². The van der Waals surface area contributed by atoms with Crippen LogP contribution in [0.4, 0.5) is 15.8 Å². The maximum atomic E-state index is 13.0. The number of rotatable bonds is 3. The van der Waals surface area contributed by atoms with Crippen LogP contribution in [0.5, 0.6) is 0 Å². The van der Waals surface area contributed by atoms with E-state index in [0.717, 1.165) is 5.69 Å². The molecule has 0 unspecified atom stereocenters. The number of aryl methyl sites for hydroxylation is 3. The fourth-order valence-corrected chi connectivity index (χ4v) is 2.10. The van der Waals surface area contributed by atoms with Crippen LogP contribution in [-0.2, 0) is 6.54 Å². The summed E-state index contributed by atoms with van der Waals surface area (Å²) in [5.74, 6) is -0.314. The van der Waals surface area contributed by atoms with Crippen molar-refractivity contribution in [1.29, 1.82) is 0 Å². The molecule has 0 saturated carbocycles. The Morgan fingerprint density at radius 3 is 2.37 bits per heavy atom. The third-order valence-electron chi connectivity index (χ3n) is 3.44. The van der Waals surface area contributed by atoms with E-state index in [1.54, 1.807) is 6.07 Å². The summed E-state index contributed by atoms with van der Waals surface area (Å²) >= 11 is 0. The van der Waals surface area contributed by atoms with Crippen molar-refractivity contribution in [3.63, 3.8) is 0 Å². The van der Waals surface area contributed by atoms with Gasteiger partial charge in [-0.3, -0.25) is 0 Å². The lowest BCUT2D eigenvalue weighted by molar-refractivity contribution is 0.628. The van der Waals surface area contributed by atoms with Crippen LogP contribution in [0, 0.1) is 26.6 Å². The minimum atomic E-state index is -0.314. The maximum Gasteiger partial charge on any atom is 0.125 e. The van der Waals surface area contributed by atoms with Crippen molar-refractivity contribution in [3.05, 3.63) is 58.4 Å². The zero-order valence-electron chi connectivity index (χ0n) is 11.5. The Morgan fingerprint density at radius 1 is 1.00 bits per heavy atom. The molecule has 0 aliphatic rings. The minimum absolute atomic E-state index is 0.314. The van der Waals surface area contributed by atoms with Crippen molar-refractivity contribution in [2.75, 3.05) is 11.1 Å². The molecule has 0 heterocycles. The predicted octanol–water partition coefficient (Wildman–Crippen LogP) is 3.95. The lowest BCUT2D eigenvalue weighted by Crippen LogP contribution is -2.05. The SMILES string of the molecule is Cc1cc(C)c(CNc2ccc(F)cc2N)cc1C. The predicted molar refractivity (Wildman–Crippen MR) is 78.8 cm³/mol. The highest BCUT2D eigenvalue weighted by atomic mass is 19.1. The van der Waals surface area contributed by atoms with E-state index in [1.165, 1.54) is 34.4 Å². The molecule has 0 aliphatic heterocycles. The topological polar surface area (TPSA) is 38.0 Å². The molecule has 0 aliphatic carbocycles. The molecule has 0 radical (unpaired) electrons. The summed E-state index contributed by atoms with van der Waals surface area (Å²) in [6, 6.07) is 8.76. The second-order valence-electron chi connectivity index (χ2n) is 4.95. The highest BCUT2D eigenvalue weighted by Crippen LogP contribution is 2.21. The molecule has 0 fully saturated rings. The van der Waals surface area contributed by atoms with Crippen LogP contribution in [0.2, 0.25) is 0 Å². The van der Waals surface area contributed by atoms with E-state index in [-0.39, 0.29) is 5.82 Å². The third-order valence-corrected chi connectivity index (χ3v) is 3.44. The van der Waals surface area contributed by atoms with Crippen LogP contribution in [-0.4, -0.2) is 0 Å². The zero-order chi connectivity index (χ0) is 14.0. The Balaban J connectivity index is 2.16. The van der Waals surface area contributed by atoms with Gasteiger partial charge in [-0.2, -0.15) is 0 Å². The third kappa shape index (κ3) is 3.05. The fraction of sp³-hybridized carbons (Fsp3) is 0.250. The maximum absolute atomic E-state index is 13.0. The molecule has 2 nitrogen and oxygen atoms in total. The van der Waals surface area contributed by atoms with Crippen molar-refractivity contribution in [2.24, 2.45) is 0 Å². The van der Waals surface area contributed by atoms with E-state index < -0.39 is 0 Å². The van der Waals surface area contributed by atoms with Gasteiger partial charge in [0.25, 0.3) is 0 Å². The molecule has 100 valence electrons. The number of nitrogen functional groups attached to an aromatic ring is 1. The van der Waals surface area contributed by atoms with Crippen molar-refractivity contribution in [2.45, 2.75) is 27.3 Å². The number of halogens is 1. The average molecular weight is 258 g/mol. The number of hydrogen-bond donors (Lipinski definition) is 2. The van der Waals surface area contributed by atoms with Gasteiger partial charge in [-0.25, -0.2) is 4.39 Å². The summed E-state index contributed by atoms with van der Waals surface area (Å²) in [6.07, 6.45) is 0. The first-order valence-electron chi connectivity index (χ1n) is 6.33. The quantitative estimate of drug-likeness (QED) is 0.818. The Hall–Kier alpha value is -2.03. The molecule has 0 spiro atoms. The van der Waals surface area contributed by atoms with E-state index in [4.69, 9.17) is 5.73 Å². The molecule has 0 atom stereocenters. The molecule has 19 heavy (non-hydrogen) atoms. The van der Waals surface area contributed by atoms with Crippen LogP contribution >= 0.6 is 0 Å². The summed E-state index contributed by atoms with van der Waals surface area (Å²) in [7, 11) is 0. The van der Waals surface area contributed by atoms with Gasteiger partial charge in [0.05, 0.1) is 11.4 Å². The first kappa shape index (κ1) is 13.4. The van der Waals surface area contributed by atoms with Gasteiger partial charge in [0.2, 0.25) is 0 Å². The molecule has 3 N–H and O–H groups in total. The van der Waals surface area contributed by atoms with Gasteiger partial charge in [-0.15, -0.1) is 0 Å². The van der Waals surface area contributed by atoms with Gasteiger partial charge < -0.3 is 11.1 Å². The van der Waals surface area contributed by atoms with Crippen LogP contribution in [0.15, 0.2) is 30.3 Å². The molecular weight excluding hydrogens is 239 g/mol. The first-order valence-corrected chi connectivity index (χ1v) is 6.33. The lowest BCUT2D eigenvalue weighted by atomic mass is 10.0. The molecule has 0 amide bonds. The Labute approximate surface area is 113 Å². The van der Waals surface area contributed by atoms with Crippen molar-refractivity contribution in [1.82, 2.24) is 0 Å². The molecule has 2 aromatic carbocycles. The lowest BCUT2D eigenvalue weighted by Gasteiger charge is -2.13. The van der Waals surface area contributed by atoms with Crippen molar-refractivity contribution < 1.29 is 4.39 Å². The van der Waals surface area contributed by atoms with E-state index >= 15 is 0 Å². The summed E-state index contributed by atoms with van der Waals surface area (Å²) in [5.41, 5.74) is 12.0. The van der Waals surface area contributed by atoms with Crippen LogP contribution in [0.25, 0.3) is 0 Å². The number of hydrogen-bond acceptors (Lipinski definition) is 2. The fourth-order valence-electron chi connectivity index (χ4n) is 2.10. The minimum Gasteiger partial charge on any atom is -0.397 e. The number of nitrogens with two attached hydrogens (primary N) is 1. The molecular formula is C16H19FN2. The normalized spacial score (nSPS) is 10.5. The second-order valence-corrected chi connectivity index (χ2v) is 4.95. The van der Waals surface area contributed by atoms with Gasteiger partial charge in [-0.1, -0.05) is 12.1 Å². The number of anilines is 2. The van der Waals surface area contributed by atoms with Gasteiger partial charge in [0.15, 0.2) is 0 Å². The van der Waals surface area contributed by atoms with Crippen LogP contribution in [0.1, 0.15) is 22.3 Å². The highest BCUT2D eigenvalue weighted by Gasteiger charge is 2.04. The average Bonchev–Trinajstić information content (AvgIpc) is 2.34. The van der Waals surface area contributed by atoms with Gasteiger partial charge in [-0.05, 0) is 61.2 Å². The van der Waals surface area contributed by atoms with Gasteiger partial charge in [0, 0.05) is 6.54 Å². The number of benzene rings is 2. The highest BCUT2D eigenvalue weighted by molar-refractivity contribution is 5.66. The molecule has 0 bridgehead atoms. The summed E-state index contributed by atoms with van der Waals surface area (Å²) in [6.45, 7) is 6.99. The van der Waals surface area contributed by atoms with Crippen molar-refractivity contribution >= 4 is 11.4 Å². The molecule has 3 heteroatoms. The van der Waals surface area contributed by atoms with Crippen LogP contribution < -0.4 is 11.1 Å². The second kappa shape index (κ2) is 5.31. The zero-order valence-corrected chi connectivity index (χ0v) is 11.5. The van der Waals surface area contributed by atoms with Crippen molar-refractivity contribution in [3.8, 4) is 0 Å². The molecule has 2 rings (SSSR count). The number of nitrogens with one attached hydrogen (secondary N) is 1. The molecule has 0 saturated heterocycles. The van der Waals surface area contributed by atoms with E-state index in [2.05, 4.69) is 38.2 Å². The molecule has 0 aromatic heterocycles.